The average molecular weight is 127 g/mol. The molecule has 1 nitrogen and oxygen atoms in total. The van der Waals surface area contributed by atoms with E-state index >= 15 is 0 Å². The van der Waals surface area contributed by atoms with E-state index in [2.05, 4.69) is 25.8 Å². The van der Waals surface area contributed by atoms with Crippen LogP contribution in [-0.2, 0) is 0 Å². The molecular formula is C8H17N. The van der Waals surface area contributed by atoms with Crippen molar-refractivity contribution in [3.8, 4) is 0 Å². The van der Waals surface area contributed by atoms with Crippen molar-refractivity contribution in [3.63, 3.8) is 0 Å². The van der Waals surface area contributed by atoms with Crippen molar-refractivity contribution in [2.75, 3.05) is 7.05 Å². The Hall–Kier alpha value is -0.0400. The van der Waals surface area contributed by atoms with Gasteiger partial charge in [0, 0.05) is 12.1 Å². The molecule has 0 aromatic heterocycles. The molecule has 0 heterocycles. The van der Waals surface area contributed by atoms with Gasteiger partial charge in [-0.05, 0) is 33.2 Å². The molecule has 1 unspecified atom stereocenters. The zero-order chi connectivity index (χ0) is 6.85. The summed E-state index contributed by atoms with van der Waals surface area (Å²) in [5.41, 5.74) is 0. The minimum atomic E-state index is 0.789. The summed E-state index contributed by atoms with van der Waals surface area (Å²) in [6.07, 6.45) is 4.15. The monoisotopic (exact) mass is 127 g/mol. The second-order valence-corrected chi connectivity index (χ2v) is 3.15. The van der Waals surface area contributed by atoms with Crippen molar-refractivity contribution < 1.29 is 0 Å². The number of nitrogens with zero attached hydrogens (tertiary/aromatic N) is 1. The molecule has 1 fully saturated rings. The lowest BCUT2D eigenvalue weighted by atomic mass is 10.2. The van der Waals surface area contributed by atoms with Crippen LogP contribution in [-0.4, -0.2) is 24.0 Å². The standard InChI is InChI=1S/C8H17N/c1-4-7(2)9(3)8-5-6-8/h7-8H,4-6H2,1-3H3. The normalized spacial score (nSPS) is 22.7. The van der Waals surface area contributed by atoms with Crippen LogP contribution in [0.25, 0.3) is 0 Å². The van der Waals surface area contributed by atoms with Gasteiger partial charge in [0.2, 0.25) is 0 Å². The first-order chi connectivity index (χ1) is 4.25. The molecular weight excluding hydrogens is 110 g/mol. The van der Waals surface area contributed by atoms with E-state index in [9.17, 15) is 0 Å². The van der Waals surface area contributed by atoms with Gasteiger partial charge in [-0.1, -0.05) is 6.92 Å². The Morgan fingerprint density at radius 2 is 2.11 bits per heavy atom. The van der Waals surface area contributed by atoms with Crippen LogP contribution < -0.4 is 0 Å². The van der Waals surface area contributed by atoms with E-state index in [-0.39, 0.29) is 0 Å². The molecule has 1 atom stereocenters. The maximum atomic E-state index is 2.50. The van der Waals surface area contributed by atoms with Crippen LogP contribution in [0, 0.1) is 0 Å². The molecule has 0 aromatic rings. The van der Waals surface area contributed by atoms with Crippen molar-refractivity contribution in [2.45, 2.75) is 45.2 Å². The Kier molecular flexibility index (Phi) is 2.12. The highest BCUT2D eigenvalue weighted by Crippen LogP contribution is 2.27. The van der Waals surface area contributed by atoms with Crippen LogP contribution in [0.1, 0.15) is 33.1 Å². The van der Waals surface area contributed by atoms with E-state index in [4.69, 9.17) is 0 Å². The van der Waals surface area contributed by atoms with E-state index in [1.165, 1.54) is 19.3 Å². The summed E-state index contributed by atoms with van der Waals surface area (Å²) in [5.74, 6) is 0. The smallest absolute Gasteiger partial charge is 0.00961 e. The zero-order valence-electron chi connectivity index (χ0n) is 6.72. The van der Waals surface area contributed by atoms with Crippen LogP contribution in [0.5, 0.6) is 0 Å². The van der Waals surface area contributed by atoms with E-state index in [0.29, 0.717) is 0 Å². The maximum Gasteiger partial charge on any atom is 0.00961 e. The Labute approximate surface area is 58.0 Å². The fourth-order valence-electron chi connectivity index (χ4n) is 1.13. The molecule has 0 aliphatic heterocycles. The molecule has 1 aliphatic carbocycles. The lowest BCUT2D eigenvalue weighted by molar-refractivity contribution is 0.242. The first kappa shape index (κ1) is 7.07. The molecule has 54 valence electrons. The fraction of sp³-hybridized carbons (Fsp3) is 1.00. The van der Waals surface area contributed by atoms with E-state index in [1.807, 2.05) is 0 Å². The summed E-state index contributed by atoms with van der Waals surface area (Å²) in [7, 11) is 2.24. The molecule has 0 amide bonds. The van der Waals surface area contributed by atoms with Crippen molar-refractivity contribution in [3.05, 3.63) is 0 Å². The van der Waals surface area contributed by atoms with Crippen LogP contribution in [0.4, 0.5) is 0 Å². The van der Waals surface area contributed by atoms with Gasteiger partial charge in [0.25, 0.3) is 0 Å². The second kappa shape index (κ2) is 2.70. The average Bonchev–Trinajstić information content (AvgIpc) is 2.66. The zero-order valence-corrected chi connectivity index (χ0v) is 6.72. The quantitative estimate of drug-likeness (QED) is 0.559. The number of hydrogen-bond donors (Lipinski definition) is 0. The number of hydrogen-bond acceptors (Lipinski definition) is 1. The molecule has 0 aromatic carbocycles. The molecule has 1 rings (SSSR count). The van der Waals surface area contributed by atoms with Gasteiger partial charge in [0.15, 0.2) is 0 Å². The van der Waals surface area contributed by atoms with Crippen LogP contribution in [0.15, 0.2) is 0 Å². The third kappa shape index (κ3) is 1.68. The SMILES string of the molecule is CCC(C)N(C)C1CC1. The van der Waals surface area contributed by atoms with Gasteiger partial charge in [-0.3, -0.25) is 0 Å². The lowest BCUT2D eigenvalue weighted by Crippen LogP contribution is -2.30. The van der Waals surface area contributed by atoms with E-state index in [0.717, 1.165) is 12.1 Å². The minimum absolute atomic E-state index is 0.789. The largest absolute Gasteiger partial charge is 0.301 e. The van der Waals surface area contributed by atoms with Crippen molar-refractivity contribution in [1.82, 2.24) is 4.90 Å². The predicted molar refractivity (Wildman–Crippen MR) is 40.5 cm³/mol. The minimum Gasteiger partial charge on any atom is -0.301 e. The first-order valence-electron chi connectivity index (χ1n) is 3.97. The van der Waals surface area contributed by atoms with Gasteiger partial charge in [-0.15, -0.1) is 0 Å². The fourth-order valence-corrected chi connectivity index (χ4v) is 1.13. The number of rotatable bonds is 3. The summed E-state index contributed by atoms with van der Waals surface area (Å²) >= 11 is 0. The third-order valence-electron chi connectivity index (χ3n) is 2.41. The van der Waals surface area contributed by atoms with E-state index < -0.39 is 0 Å². The van der Waals surface area contributed by atoms with Gasteiger partial charge in [0.1, 0.15) is 0 Å². The lowest BCUT2D eigenvalue weighted by Gasteiger charge is -2.22. The second-order valence-electron chi connectivity index (χ2n) is 3.15. The molecule has 1 aliphatic rings. The molecule has 0 spiro atoms. The molecule has 1 heteroatoms. The Balaban J connectivity index is 2.22. The van der Waals surface area contributed by atoms with Gasteiger partial charge < -0.3 is 4.90 Å². The van der Waals surface area contributed by atoms with Crippen LogP contribution in [0.2, 0.25) is 0 Å². The maximum absolute atomic E-state index is 2.50. The topological polar surface area (TPSA) is 3.24 Å². The highest BCUT2D eigenvalue weighted by Gasteiger charge is 2.27. The Morgan fingerprint density at radius 3 is 2.44 bits per heavy atom. The van der Waals surface area contributed by atoms with Crippen LogP contribution >= 0.6 is 0 Å². The highest BCUT2D eigenvalue weighted by atomic mass is 15.2. The predicted octanol–water partition coefficient (Wildman–Crippen LogP) is 1.88. The summed E-state index contributed by atoms with van der Waals surface area (Å²) in [6, 6.07) is 1.72. The van der Waals surface area contributed by atoms with E-state index in [1.54, 1.807) is 0 Å². The summed E-state index contributed by atoms with van der Waals surface area (Å²) < 4.78 is 0. The van der Waals surface area contributed by atoms with Gasteiger partial charge in [0.05, 0.1) is 0 Å². The molecule has 0 N–H and O–H groups in total. The van der Waals surface area contributed by atoms with Gasteiger partial charge >= 0.3 is 0 Å². The first-order valence-corrected chi connectivity index (χ1v) is 3.97. The Morgan fingerprint density at radius 1 is 1.56 bits per heavy atom. The summed E-state index contributed by atoms with van der Waals surface area (Å²) in [6.45, 7) is 4.56. The Bertz CT molecular complexity index is 86.6. The summed E-state index contributed by atoms with van der Waals surface area (Å²) in [4.78, 5) is 2.50. The van der Waals surface area contributed by atoms with Gasteiger partial charge in [-0.25, -0.2) is 0 Å². The molecule has 0 radical (unpaired) electrons. The van der Waals surface area contributed by atoms with Crippen molar-refractivity contribution in [1.29, 1.82) is 0 Å². The molecule has 9 heavy (non-hydrogen) atoms. The van der Waals surface area contributed by atoms with Gasteiger partial charge in [-0.2, -0.15) is 0 Å². The van der Waals surface area contributed by atoms with Crippen molar-refractivity contribution in [2.24, 2.45) is 0 Å². The molecule has 0 bridgehead atoms. The van der Waals surface area contributed by atoms with Crippen molar-refractivity contribution >= 4 is 0 Å². The third-order valence-corrected chi connectivity index (χ3v) is 2.41. The summed E-state index contributed by atoms with van der Waals surface area (Å²) in [5, 5.41) is 0. The highest BCUT2D eigenvalue weighted by molar-refractivity contribution is 4.84. The molecule has 1 saturated carbocycles. The molecule has 0 saturated heterocycles. The van der Waals surface area contributed by atoms with Crippen LogP contribution in [0.3, 0.4) is 0 Å².